The molecule has 1 saturated carbocycles. The van der Waals surface area contributed by atoms with E-state index < -0.39 is 0 Å². The van der Waals surface area contributed by atoms with Crippen molar-refractivity contribution in [1.29, 1.82) is 0 Å². The van der Waals surface area contributed by atoms with E-state index >= 15 is 0 Å². The quantitative estimate of drug-likeness (QED) is 0.598. The summed E-state index contributed by atoms with van der Waals surface area (Å²) in [7, 11) is 0. The molecule has 1 aliphatic carbocycles. The van der Waals surface area contributed by atoms with Crippen LogP contribution in [0, 0.1) is 3.57 Å². The second-order valence-corrected chi connectivity index (χ2v) is 7.73. The van der Waals surface area contributed by atoms with E-state index in [1.165, 1.54) is 12.8 Å². The van der Waals surface area contributed by atoms with Crippen molar-refractivity contribution < 1.29 is 14.3 Å². The molecule has 2 aromatic rings. The summed E-state index contributed by atoms with van der Waals surface area (Å²) >= 11 is 2.11. The molecule has 1 aliphatic rings. The van der Waals surface area contributed by atoms with E-state index in [4.69, 9.17) is 4.74 Å². The van der Waals surface area contributed by atoms with Crippen LogP contribution in [0.3, 0.4) is 0 Å². The molecule has 3 rings (SSSR count). The highest BCUT2D eigenvalue weighted by Crippen LogP contribution is 2.26. The fraction of sp³-hybridized carbons (Fsp3) is 0.333. The second kappa shape index (κ2) is 9.73. The van der Waals surface area contributed by atoms with Gasteiger partial charge in [-0.05, 0) is 66.5 Å². The number of hydrogen-bond acceptors (Lipinski definition) is 3. The Hall–Kier alpha value is -2.09. The van der Waals surface area contributed by atoms with Gasteiger partial charge in [-0.2, -0.15) is 0 Å². The SMILES string of the molecule is O=C(CNC(=O)c1ccccc1I)NCc1ccccc1OC1CCCC1. The number of ether oxygens (including phenoxy) is 1. The lowest BCUT2D eigenvalue weighted by atomic mass is 10.2. The van der Waals surface area contributed by atoms with Gasteiger partial charge in [-0.15, -0.1) is 0 Å². The summed E-state index contributed by atoms with van der Waals surface area (Å²) in [4.78, 5) is 24.3. The number of benzene rings is 2. The van der Waals surface area contributed by atoms with Crippen LogP contribution in [-0.2, 0) is 11.3 Å². The number of rotatable bonds is 7. The van der Waals surface area contributed by atoms with Crippen LogP contribution >= 0.6 is 22.6 Å². The Balaban J connectivity index is 1.49. The Labute approximate surface area is 173 Å². The summed E-state index contributed by atoms with van der Waals surface area (Å²) in [6.07, 6.45) is 4.87. The topological polar surface area (TPSA) is 67.4 Å². The Bertz CT molecular complexity index is 804. The number of para-hydroxylation sites is 1. The monoisotopic (exact) mass is 478 g/mol. The number of nitrogens with one attached hydrogen (secondary N) is 2. The minimum Gasteiger partial charge on any atom is -0.490 e. The van der Waals surface area contributed by atoms with Crippen molar-refractivity contribution in [2.24, 2.45) is 0 Å². The van der Waals surface area contributed by atoms with Crippen LogP contribution in [0.1, 0.15) is 41.6 Å². The van der Waals surface area contributed by atoms with E-state index in [0.29, 0.717) is 12.1 Å². The Morgan fingerprint density at radius 3 is 2.48 bits per heavy atom. The molecule has 6 heteroatoms. The van der Waals surface area contributed by atoms with Gasteiger partial charge in [-0.3, -0.25) is 9.59 Å². The third-order valence-corrected chi connectivity index (χ3v) is 5.51. The first kappa shape index (κ1) is 19.7. The van der Waals surface area contributed by atoms with Gasteiger partial charge in [0.15, 0.2) is 0 Å². The van der Waals surface area contributed by atoms with Crippen molar-refractivity contribution in [1.82, 2.24) is 10.6 Å². The van der Waals surface area contributed by atoms with E-state index in [1.54, 1.807) is 12.1 Å². The minimum atomic E-state index is -0.250. The van der Waals surface area contributed by atoms with Gasteiger partial charge in [-0.1, -0.05) is 30.3 Å². The predicted molar refractivity (Wildman–Crippen MR) is 113 cm³/mol. The fourth-order valence-corrected chi connectivity index (χ4v) is 3.74. The molecule has 0 atom stereocenters. The van der Waals surface area contributed by atoms with Gasteiger partial charge in [0.2, 0.25) is 5.91 Å². The van der Waals surface area contributed by atoms with Crippen LogP contribution < -0.4 is 15.4 Å². The summed E-state index contributed by atoms with van der Waals surface area (Å²) < 4.78 is 6.94. The maximum Gasteiger partial charge on any atom is 0.252 e. The van der Waals surface area contributed by atoms with Crippen molar-refractivity contribution in [3.05, 3.63) is 63.2 Å². The molecule has 27 heavy (non-hydrogen) atoms. The van der Waals surface area contributed by atoms with Crippen molar-refractivity contribution in [2.75, 3.05) is 6.54 Å². The van der Waals surface area contributed by atoms with E-state index in [2.05, 4.69) is 33.2 Å². The predicted octanol–water partition coefficient (Wildman–Crippen LogP) is 3.66. The zero-order valence-corrected chi connectivity index (χ0v) is 17.2. The number of hydrogen-bond donors (Lipinski definition) is 2. The minimum absolute atomic E-state index is 0.0601. The van der Waals surface area contributed by atoms with E-state index in [-0.39, 0.29) is 24.5 Å². The molecule has 0 aliphatic heterocycles. The average molecular weight is 478 g/mol. The summed E-state index contributed by atoms with van der Waals surface area (Å²) in [5.74, 6) is 0.345. The van der Waals surface area contributed by atoms with E-state index in [9.17, 15) is 9.59 Å². The number of halogens is 1. The Kier molecular flexibility index (Phi) is 7.09. The lowest BCUT2D eigenvalue weighted by Crippen LogP contribution is -2.37. The Morgan fingerprint density at radius 2 is 1.70 bits per heavy atom. The second-order valence-electron chi connectivity index (χ2n) is 6.57. The largest absolute Gasteiger partial charge is 0.490 e. The van der Waals surface area contributed by atoms with Crippen molar-refractivity contribution in [3.8, 4) is 5.75 Å². The average Bonchev–Trinajstić information content (AvgIpc) is 3.19. The van der Waals surface area contributed by atoms with Crippen LogP contribution in [0.5, 0.6) is 5.75 Å². The lowest BCUT2D eigenvalue weighted by Gasteiger charge is -2.17. The van der Waals surface area contributed by atoms with Crippen LogP contribution in [0.15, 0.2) is 48.5 Å². The number of carbonyl (C=O) groups excluding carboxylic acids is 2. The van der Waals surface area contributed by atoms with Crippen molar-refractivity contribution in [2.45, 2.75) is 38.3 Å². The molecule has 5 nitrogen and oxygen atoms in total. The Morgan fingerprint density at radius 1 is 1.00 bits per heavy atom. The summed E-state index contributed by atoms with van der Waals surface area (Å²) in [6.45, 7) is 0.315. The third-order valence-electron chi connectivity index (χ3n) is 4.57. The van der Waals surface area contributed by atoms with Gasteiger partial charge in [0.25, 0.3) is 5.91 Å². The third kappa shape index (κ3) is 5.69. The molecule has 0 heterocycles. The molecule has 142 valence electrons. The summed E-state index contributed by atoms with van der Waals surface area (Å²) in [5, 5.41) is 5.51. The van der Waals surface area contributed by atoms with Crippen LogP contribution in [-0.4, -0.2) is 24.5 Å². The highest BCUT2D eigenvalue weighted by atomic mass is 127. The molecule has 0 unspecified atom stereocenters. The van der Waals surface area contributed by atoms with Gasteiger partial charge in [0.05, 0.1) is 18.2 Å². The van der Waals surface area contributed by atoms with E-state index in [0.717, 1.165) is 27.7 Å². The van der Waals surface area contributed by atoms with Crippen LogP contribution in [0.2, 0.25) is 0 Å². The first-order valence-corrected chi connectivity index (χ1v) is 10.3. The molecule has 0 spiro atoms. The molecule has 0 bridgehead atoms. The molecule has 2 aromatic carbocycles. The van der Waals surface area contributed by atoms with Gasteiger partial charge < -0.3 is 15.4 Å². The maximum atomic E-state index is 12.2. The molecule has 0 aromatic heterocycles. The molecule has 0 radical (unpaired) electrons. The molecular formula is C21H23IN2O3. The molecule has 0 saturated heterocycles. The highest BCUT2D eigenvalue weighted by molar-refractivity contribution is 14.1. The van der Waals surface area contributed by atoms with Crippen molar-refractivity contribution >= 4 is 34.4 Å². The summed E-state index contributed by atoms with van der Waals surface area (Å²) in [6, 6.07) is 15.0. The number of carbonyl (C=O) groups is 2. The highest BCUT2D eigenvalue weighted by Gasteiger charge is 2.18. The normalized spacial score (nSPS) is 14.0. The van der Waals surface area contributed by atoms with E-state index in [1.807, 2.05) is 36.4 Å². The molecule has 2 amide bonds. The maximum absolute atomic E-state index is 12.2. The van der Waals surface area contributed by atoms with Crippen LogP contribution in [0.4, 0.5) is 0 Å². The first-order valence-electron chi connectivity index (χ1n) is 9.17. The standard InChI is InChI=1S/C21H23IN2O3/c22-18-11-5-4-10-17(18)21(26)24-14-20(25)23-13-15-7-1-6-12-19(15)27-16-8-2-3-9-16/h1,4-7,10-12,16H,2-3,8-9,13-14H2,(H,23,25)(H,24,26). The number of amides is 2. The first-order chi connectivity index (χ1) is 13.1. The van der Waals surface area contributed by atoms with Gasteiger partial charge in [0.1, 0.15) is 5.75 Å². The van der Waals surface area contributed by atoms with Crippen LogP contribution in [0.25, 0.3) is 0 Å². The molecule has 1 fully saturated rings. The summed E-state index contributed by atoms with van der Waals surface area (Å²) in [5.41, 5.74) is 1.52. The van der Waals surface area contributed by atoms with Gasteiger partial charge >= 0.3 is 0 Å². The zero-order valence-electron chi connectivity index (χ0n) is 15.0. The fourth-order valence-electron chi connectivity index (χ4n) is 3.11. The molecular weight excluding hydrogens is 455 g/mol. The smallest absolute Gasteiger partial charge is 0.252 e. The van der Waals surface area contributed by atoms with Gasteiger partial charge in [-0.25, -0.2) is 0 Å². The zero-order chi connectivity index (χ0) is 19.1. The van der Waals surface area contributed by atoms with Crippen molar-refractivity contribution in [3.63, 3.8) is 0 Å². The molecule has 2 N–H and O–H groups in total. The lowest BCUT2D eigenvalue weighted by molar-refractivity contribution is -0.120. The van der Waals surface area contributed by atoms with Gasteiger partial charge in [0, 0.05) is 15.7 Å².